The van der Waals surface area contributed by atoms with Gasteiger partial charge in [0.1, 0.15) is 5.82 Å². The fourth-order valence-corrected chi connectivity index (χ4v) is 3.93. The Bertz CT molecular complexity index is 1210. The highest BCUT2D eigenvalue weighted by Crippen LogP contribution is 2.41. The van der Waals surface area contributed by atoms with Crippen molar-refractivity contribution in [2.24, 2.45) is 0 Å². The Kier molecular flexibility index (Phi) is 3.98. The third kappa shape index (κ3) is 2.88. The molecule has 4 aromatic rings. The maximum Gasteiger partial charge on any atom is 0.113 e. The van der Waals surface area contributed by atoms with Crippen LogP contribution in [0.1, 0.15) is 41.3 Å². The topological polar surface area (TPSA) is 41.6 Å². The number of benzene rings is 3. The molecule has 0 atom stereocenters. The summed E-state index contributed by atoms with van der Waals surface area (Å²) in [4.78, 5) is 4.99. The van der Waals surface area contributed by atoms with E-state index in [-0.39, 0.29) is 0 Å². The quantitative estimate of drug-likeness (QED) is 0.459. The molecule has 0 amide bonds. The predicted octanol–water partition coefficient (Wildman–Crippen LogP) is 5.81. The zero-order valence-corrected chi connectivity index (χ0v) is 15.9. The van der Waals surface area contributed by atoms with Gasteiger partial charge in [-0.2, -0.15) is 5.26 Å². The van der Waals surface area contributed by atoms with E-state index in [4.69, 9.17) is 4.98 Å². The van der Waals surface area contributed by atoms with Crippen LogP contribution < -0.4 is 0 Å². The van der Waals surface area contributed by atoms with Gasteiger partial charge in [-0.3, -0.25) is 0 Å². The molecule has 0 N–H and O–H groups in total. The summed E-state index contributed by atoms with van der Waals surface area (Å²) in [5.74, 6) is 1.83. The molecule has 3 heteroatoms. The summed E-state index contributed by atoms with van der Waals surface area (Å²) >= 11 is 0. The van der Waals surface area contributed by atoms with Crippen molar-refractivity contribution in [3.8, 4) is 17.2 Å². The molecule has 1 aliphatic carbocycles. The third-order valence-electron chi connectivity index (χ3n) is 5.61. The Morgan fingerprint density at radius 3 is 2.54 bits per heavy atom. The van der Waals surface area contributed by atoms with E-state index in [9.17, 15) is 5.26 Å². The minimum atomic E-state index is 0.605. The Morgan fingerprint density at radius 2 is 1.79 bits per heavy atom. The minimum Gasteiger partial charge on any atom is -0.323 e. The van der Waals surface area contributed by atoms with Crippen LogP contribution in [0.25, 0.3) is 22.2 Å². The molecule has 1 saturated carbocycles. The van der Waals surface area contributed by atoms with Crippen molar-refractivity contribution in [2.45, 2.75) is 32.2 Å². The van der Waals surface area contributed by atoms with Gasteiger partial charge in [0.25, 0.3) is 0 Å². The van der Waals surface area contributed by atoms with Crippen molar-refractivity contribution in [1.82, 2.24) is 9.55 Å². The molecule has 1 fully saturated rings. The smallest absolute Gasteiger partial charge is 0.113 e. The monoisotopic (exact) mass is 363 g/mol. The molecule has 5 rings (SSSR count). The van der Waals surface area contributed by atoms with Crippen LogP contribution in [0.3, 0.4) is 0 Å². The van der Waals surface area contributed by atoms with Crippen LogP contribution in [0, 0.1) is 18.3 Å². The van der Waals surface area contributed by atoms with Gasteiger partial charge in [-0.1, -0.05) is 54.6 Å². The highest BCUT2D eigenvalue weighted by molar-refractivity contribution is 5.80. The van der Waals surface area contributed by atoms with Gasteiger partial charge in [0, 0.05) is 12.5 Å². The third-order valence-corrected chi connectivity index (χ3v) is 5.61. The van der Waals surface area contributed by atoms with Gasteiger partial charge in [0.05, 0.1) is 22.7 Å². The SMILES string of the molecule is Cc1cccc2c1nc(C1CC1)n2Cc1ccc(-c2ccccc2C#N)cc1. The summed E-state index contributed by atoms with van der Waals surface area (Å²) < 4.78 is 2.39. The van der Waals surface area contributed by atoms with E-state index in [2.05, 4.69) is 60.0 Å². The number of hydrogen-bond donors (Lipinski definition) is 0. The minimum absolute atomic E-state index is 0.605. The standard InChI is InChI=1S/C25H21N3/c1-17-5-4-8-23-24(17)27-25(20-13-14-20)28(23)16-18-9-11-19(12-10-18)22-7-3-2-6-21(22)15-26/h2-12,20H,13-14,16H2,1H3. The lowest BCUT2D eigenvalue weighted by atomic mass is 9.99. The van der Waals surface area contributed by atoms with E-state index in [1.165, 1.54) is 35.3 Å². The van der Waals surface area contributed by atoms with Crippen LogP contribution in [0.4, 0.5) is 0 Å². The number of imidazole rings is 1. The largest absolute Gasteiger partial charge is 0.323 e. The molecule has 0 aliphatic heterocycles. The molecule has 0 radical (unpaired) electrons. The van der Waals surface area contributed by atoms with Crippen LogP contribution in [0.5, 0.6) is 0 Å². The lowest BCUT2D eigenvalue weighted by molar-refractivity contribution is 0.747. The number of nitrogens with zero attached hydrogens (tertiary/aromatic N) is 3. The molecule has 0 unspecified atom stereocenters. The van der Waals surface area contributed by atoms with Crippen LogP contribution in [0.2, 0.25) is 0 Å². The van der Waals surface area contributed by atoms with Crippen molar-refractivity contribution in [1.29, 1.82) is 5.26 Å². The molecule has 3 nitrogen and oxygen atoms in total. The normalized spacial score (nSPS) is 13.6. The highest BCUT2D eigenvalue weighted by atomic mass is 15.1. The molecule has 1 heterocycles. The first-order chi connectivity index (χ1) is 13.7. The maximum atomic E-state index is 9.36. The summed E-state index contributed by atoms with van der Waals surface area (Å²) in [6, 6.07) is 25.0. The predicted molar refractivity (Wildman–Crippen MR) is 112 cm³/mol. The summed E-state index contributed by atoms with van der Waals surface area (Å²) in [6.07, 6.45) is 2.48. The second kappa shape index (κ2) is 6.65. The number of rotatable bonds is 4. The zero-order chi connectivity index (χ0) is 19.1. The summed E-state index contributed by atoms with van der Waals surface area (Å²) in [5, 5.41) is 9.36. The maximum absolute atomic E-state index is 9.36. The Morgan fingerprint density at radius 1 is 1.00 bits per heavy atom. The summed E-state index contributed by atoms with van der Waals surface area (Å²) in [5.41, 5.74) is 7.61. The Hall–Kier alpha value is -3.38. The molecule has 1 aliphatic rings. The van der Waals surface area contributed by atoms with Crippen LogP contribution in [-0.2, 0) is 6.54 Å². The molecule has 0 spiro atoms. The average Bonchev–Trinajstić information content (AvgIpc) is 3.51. The number of para-hydroxylation sites is 1. The fraction of sp³-hybridized carbons (Fsp3) is 0.200. The molecular weight excluding hydrogens is 342 g/mol. The van der Waals surface area contributed by atoms with Gasteiger partial charge in [-0.25, -0.2) is 4.98 Å². The second-order valence-corrected chi connectivity index (χ2v) is 7.63. The van der Waals surface area contributed by atoms with Gasteiger partial charge < -0.3 is 4.57 Å². The lowest BCUT2D eigenvalue weighted by Gasteiger charge is -2.10. The van der Waals surface area contributed by atoms with Gasteiger partial charge >= 0.3 is 0 Å². The van der Waals surface area contributed by atoms with Crippen molar-refractivity contribution in [2.75, 3.05) is 0 Å². The molecule has 0 bridgehead atoms. The molecule has 0 saturated heterocycles. The van der Waals surface area contributed by atoms with Gasteiger partial charge in [0.15, 0.2) is 0 Å². The van der Waals surface area contributed by atoms with Gasteiger partial charge in [-0.05, 0) is 54.2 Å². The van der Waals surface area contributed by atoms with E-state index in [0.29, 0.717) is 11.5 Å². The number of hydrogen-bond acceptors (Lipinski definition) is 2. The molecule has 28 heavy (non-hydrogen) atoms. The van der Waals surface area contributed by atoms with E-state index in [1.54, 1.807) is 0 Å². The summed E-state index contributed by atoms with van der Waals surface area (Å²) in [7, 11) is 0. The number of fused-ring (bicyclic) bond motifs is 1. The van der Waals surface area contributed by atoms with E-state index >= 15 is 0 Å². The molecular formula is C25H21N3. The second-order valence-electron chi connectivity index (χ2n) is 7.63. The Labute approximate surface area is 164 Å². The van der Waals surface area contributed by atoms with Crippen LogP contribution in [-0.4, -0.2) is 9.55 Å². The molecule has 136 valence electrons. The Balaban J connectivity index is 1.51. The van der Waals surface area contributed by atoms with E-state index in [1.807, 2.05) is 24.3 Å². The zero-order valence-electron chi connectivity index (χ0n) is 15.9. The van der Waals surface area contributed by atoms with Crippen molar-refractivity contribution >= 4 is 11.0 Å². The summed E-state index contributed by atoms with van der Waals surface area (Å²) in [6.45, 7) is 2.96. The van der Waals surface area contributed by atoms with Crippen LogP contribution in [0.15, 0.2) is 66.7 Å². The van der Waals surface area contributed by atoms with E-state index < -0.39 is 0 Å². The van der Waals surface area contributed by atoms with Gasteiger partial charge in [0.2, 0.25) is 0 Å². The lowest BCUT2D eigenvalue weighted by Crippen LogP contribution is -2.04. The highest BCUT2D eigenvalue weighted by Gasteiger charge is 2.29. The first-order valence-electron chi connectivity index (χ1n) is 9.79. The van der Waals surface area contributed by atoms with Crippen molar-refractivity contribution in [3.05, 3.63) is 89.2 Å². The van der Waals surface area contributed by atoms with Gasteiger partial charge in [-0.15, -0.1) is 0 Å². The fourth-order valence-electron chi connectivity index (χ4n) is 3.93. The van der Waals surface area contributed by atoms with Crippen LogP contribution >= 0.6 is 0 Å². The first-order valence-corrected chi connectivity index (χ1v) is 9.79. The number of aromatic nitrogens is 2. The first kappa shape index (κ1) is 16.8. The number of aryl methyl sites for hydroxylation is 1. The average molecular weight is 363 g/mol. The number of nitriles is 1. The van der Waals surface area contributed by atoms with Crippen molar-refractivity contribution in [3.63, 3.8) is 0 Å². The molecule has 3 aromatic carbocycles. The van der Waals surface area contributed by atoms with Crippen molar-refractivity contribution < 1.29 is 0 Å². The van der Waals surface area contributed by atoms with E-state index in [0.717, 1.165) is 23.2 Å². The molecule has 1 aromatic heterocycles.